The van der Waals surface area contributed by atoms with E-state index in [2.05, 4.69) is 59.3 Å². The normalized spacial score (nSPS) is 9.67. The molecule has 0 radical (unpaired) electrons. The fourth-order valence-electron chi connectivity index (χ4n) is 0.809. The van der Waals surface area contributed by atoms with E-state index in [0.29, 0.717) is 0 Å². The third kappa shape index (κ3) is 3.87. The summed E-state index contributed by atoms with van der Waals surface area (Å²) in [5.74, 6) is 0. The van der Waals surface area contributed by atoms with Gasteiger partial charge < -0.3 is 0 Å². The molecule has 1 nitrogen and oxygen atoms in total. The minimum absolute atomic E-state index is 0. The molecule has 0 aliphatic rings. The zero-order chi connectivity index (χ0) is 8.43. The largest absolute Gasteiger partial charge is 0.107 e. The summed E-state index contributed by atoms with van der Waals surface area (Å²) >= 11 is 5.06. The van der Waals surface area contributed by atoms with Crippen molar-refractivity contribution in [3.8, 4) is 0 Å². The van der Waals surface area contributed by atoms with Crippen molar-refractivity contribution in [3.05, 3.63) is 23.8 Å². The SMILES string of the molecule is Cc1ccc(N)cc1[As](I)I.I. The second-order valence-corrected chi connectivity index (χ2v) is 23.9. The molecule has 68 valence electrons. The minimum atomic E-state index is -0.798. The Hall–Kier alpha value is 1.77. The van der Waals surface area contributed by atoms with Gasteiger partial charge in [0, 0.05) is 0 Å². The monoisotopic (exact) mass is 563 g/mol. The smallest absolute Gasteiger partial charge is 0.107 e. The third-order valence-corrected chi connectivity index (χ3v) is 8.59. The van der Waals surface area contributed by atoms with Gasteiger partial charge in [0.2, 0.25) is 0 Å². The van der Waals surface area contributed by atoms with Crippen molar-refractivity contribution in [3.63, 3.8) is 0 Å². The predicted molar refractivity (Wildman–Crippen MR) is 84.4 cm³/mol. The second kappa shape index (κ2) is 6.29. The molecule has 0 unspecified atom stereocenters. The molecule has 0 amide bonds. The first-order chi connectivity index (χ1) is 5.11. The van der Waals surface area contributed by atoms with Crippen LogP contribution in [0.15, 0.2) is 18.2 Å². The maximum atomic E-state index is 5.68. The standard InChI is InChI=1S/C7H8AsI2N.HI/c1-5-2-3-6(11)4-7(5)8(9)10;/h2-4H,11H2,1H3;1H. The molecule has 12 heavy (non-hydrogen) atoms. The number of benzene rings is 1. The molecule has 0 spiro atoms. The van der Waals surface area contributed by atoms with Crippen LogP contribution < -0.4 is 10.1 Å². The summed E-state index contributed by atoms with van der Waals surface area (Å²) in [6, 6.07) is 6.17. The van der Waals surface area contributed by atoms with Crippen LogP contribution in [0, 0.1) is 6.92 Å². The molecule has 0 fully saturated rings. The maximum Gasteiger partial charge on any atom is -0.107 e. The number of anilines is 1. The molecule has 0 aliphatic heterocycles. The topological polar surface area (TPSA) is 26.0 Å². The van der Waals surface area contributed by atoms with Crippen molar-refractivity contribution >= 4 is 82.2 Å². The quantitative estimate of drug-likeness (QED) is 0.318. The molecule has 0 aromatic heterocycles. The van der Waals surface area contributed by atoms with Crippen LogP contribution in [0.3, 0.4) is 0 Å². The predicted octanol–water partition coefficient (Wildman–Crippen LogP) is 2.76. The fraction of sp³-hybridized carbons (Fsp3) is 0.143. The summed E-state index contributed by atoms with van der Waals surface area (Å²) in [7, 11) is -0.798. The molecule has 0 saturated carbocycles. The van der Waals surface area contributed by atoms with Crippen LogP contribution >= 0.6 is 64.2 Å². The van der Waals surface area contributed by atoms with E-state index in [9.17, 15) is 0 Å². The maximum absolute atomic E-state index is 5.68. The summed E-state index contributed by atoms with van der Waals surface area (Å²) in [6.07, 6.45) is 0. The number of nitrogen functional groups attached to an aromatic ring is 1. The van der Waals surface area contributed by atoms with E-state index in [1.807, 2.05) is 6.07 Å². The Kier molecular flexibility index (Phi) is 7.22. The molecule has 0 bridgehead atoms. The molecule has 0 saturated heterocycles. The van der Waals surface area contributed by atoms with E-state index in [4.69, 9.17) is 5.73 Å². The molecular formula is C7H9AsI3N. The first-order valence-corrected chi connectivity index (χ1v) is 15.5. The van der Waals surface area contributed by atoms with Gasteiger partial charge in [-0.15, -0.1) is 24.0 Å². The first kappa shape index (κ1) is 13.8. The van der Waals surface area contributed by atoms with Gasteiger partial charge in [0.15, 0.2) is 0 Å². The molecule has 0 heterocycles. The molecule has 0 atom stereocenters. The summed E-state index contributed by atoms with van der Waals surface area (Å²) < 4.78 is 1.47. The summed E-state index contributed by atoms with van der Waals surface area (Å²) in [6.45, 7) is 2.15. The zero-order valence-electron chi connectivity index (χ0n) is 6.42. The van der Waals surface area contributed by atoms with E-state index < -0.39 is 7.95 Å². The molecule has 1 aromatic rings. The van der Waals surface area contributed by atoms with Gasteiger partial charge >= 0.3 is 94.7 Å². The number of hydrogen-bond donors (Lipinski definition) is 1. The number of nitrogens with two attached hydrogens (primary N) is 1. The van der Waals surface area contributed by atoms with Crippen molar-refractivity contribution in [2.75, 3.05) is 5.73 Å². The van der Waals surface area contributed by atoms with Crippen LogP contribution in [0.25, 0.3) is 0 Å². The van der Waals surface area contributed by atoms with Gasteiger partial charge in [0.1, 0.15) is 0 Å². The Balaban J connectivity index is 0.00000121. The van der Waals surface area contributed by atoms with Gasteiger partial charge in [-0.3, -0.25) is 0 Å². The molecule has 1 rings (SSSR count). The van der Waals surface area contributed by atoms with Crippen LogP contribution in [0.1, 0.15) is 5.56 Å². The summed E-state index contributed by atoms with van der Waals surface area (Å²) in [5.41, 5.74) is 7.95. The molecule has 0 aliphatic carbocycles. The Bertz CT molecular complexity index is 265. The molecule has 1 aromatic carbocycles. The van der Waals surface area contributed by atoms with Gasteiger partial charge in [-0.2, -0.15) is 0 Å². The van der Waals surface area contributed by atoms with E-state index in [-0.39, 0.29) is 24.0 Å². The number of halogens is 3. The first-order valence-electron chi connectivity index (χ1n) is 3.09. The third-order valence-electron chi connectivity index (χ3n) is 1.42. The number of hydrogen-bond acceptors (Lipinski definition) is 1. The average molecular weight is 563 g/mol. The van der Waals surface area contributed by atoms with E-state index >= 15 is 0 Å². The van der Waals surface area contributed by atoms with Gasteiger partial charge in [0.05, 0.1) is 0 Å². The fourth-order valence-corrected chi connectivity index (χ4v) is 7.44. The average Bonchev–Trinajstić information content (AvgIpc) is 1.94. The van der Waals surface area contributed by atoms with Crippen molar-refractivity contribution in [1.82, 2.24) is 0 Å². The van der Waals surface area contributed by atoms with E-state index in [1.54, 1.807) is 0 Å². The van der Waals surface area contributed by atoms with E-state index in [0.717, 1.165) is 5.69 Å². The van der Waals surface area contributed by atoms with E-state index in [1.165, 1.54) is 9.91 Å². The van der Waals surface area contributed by atoms with Crippen LogP contribution in [0.2, 0.25) is 0 Å². The molecule has 5 heteroatoms. The van der Waals surface area contributed by atoms with Crippen molar-refractivity contribution < 1.29 is 0 Å². The molecular weight excluding hydrogens is 554 g/mol. The number of rotatable bonds is 1. The Morgan fingerprint density at radius 3 is 2.33 bits per heavy atom. The Labute approximate surface area is 117 Å². The van der Waals surface area contributed by atoms with Crippen molar-refractivity contribution in [2.45, 2.75) is 6.92 Å². The van der Waals surface area contributed by atoms with Gasteiger partial charge in [-0.25, -0.2) is 0 Å². The number of aryl methyl sites for hydroxylation is 1. The van der Waals surface area contributed by atoms with Crippen molar-refractivity contribution in [1.29, 1.82) is 0 Å². The second-order valence-electron chi connectivity index (χ2n) is 2.28. The van der Waals surface area contributed by atoms with Gasteiger partial charge in [-0.1, -0.05) is 0 Å². The Morgan fingerprint density at radius 2 is 1.92 bits per heavy atom. The zero-order valence-corrected chi connectivity index (χ0v) is 14.9. The molecule has 2 N–H and O–H groups in total. The minimum Gasteiger partial charge on any atom is -0.107 e. The van der Waals surface area contributed by atoms with Gasteiger partial charge in [0.25, 0.3) is 0 Å². The van der Waals surface area contributed by atoms with Crippen molar-refractivity contribution in [2.24, 2.45) is 0 Å². The van der Waals surface area contributed by atoms with Crippen LogP contribution in [-0.2, 0) is 0 Å². The summed E-state index contributed by atoms with van der Waals surface area (Å²) in [5, 5.41) is 0. The van der Waals surface area contributed by atoms with Crippen LogP contribution in [-0.4, -0.2) is 7.95 Å². The van der Waals surface area contributed by atoms with Crippen LogP contribution in [0.5, 0.6) is 0 Å². The Morgan fingerprint density at radius 1 is 1.33 bits per heavy atom. The van der Waals surface area contributed by atoms with Crippen LogP contribution in [0.4, 0.5) is 5.69 Å². The van der Waals surface area contributed by atoms with Gasteiger partial charge in [-0.05, 0) is 0 Å². The summed E-state index contributed by atoms with van der Waals surface area (Å²) in [4.78, 5) is 0.